The summed E-state index contributed by atoms with van der Waals surface area (Å²) in [7, 11) is 0. The second-order valence-electron chi connectivity index (χ2n) is 6.23. The molecule has 0 radical (unpaired) electrons. The minimum atomic E-state index is -4.66. The molecule has 0 spiro atoms. The van der Waals surface area contributed by atoms with Gasteiger partial charge in [0, 0.05) is 13.1 Å². The Balaban J connectivity index is 1.92. The molecule has 1 aliphatic heterocycles. The molecule has 8 heteroatoms. The summed E-state index contributed by atoms with van der Waals surface area (Å²) in [6, 6.07) is 8.76. The molecule has 0 aromatic heterocycles. The van der Waals surface area contributed by atoms with Crippen molar-refractivity contribution in [3.8, 4) is 0 Å². The van der Waals surface area contributed by atoms with E-state index < -0.39 is 35.7 Å². The van der Waals surface area contributed by atoms with E-state index >= 15 is 0 Å². The number of benzene rings is 2. The first-order valence-electron chi connectivity index (χ1n) is 8.27. The number of carboxylic acids is 1. The molecule has 2 aromatic carbocycles. The lowest BCUT2D eigenvalue weighted by molar-refractivity contribution is -0.149. The molecule has 27 heavy (non-hydrogen) atoms. The van der Waals surface area contributed by atoms with E-state index in [1.54, 1.807) is 0 Å². The van der Waals surface area contributed by atoms with Crippen LogP contribution in [0.1, 0.15) is 28.8 Å². The fourth-order valence-electron chi connectivity index (χ4n) is 3.26. The topological polar surface area (TPSA) is 49.8 Å². The van der Waals surface area contributed by atoms with Crippen molar-refractivity contribution in [1.29, 1.82) is 0 Å². The van der Waals surface area contributed by atoms with Gasteiger partial charge in [0.2, 0.25) is 0 Å². The van der Waals surface area contributed by atoms with Crippen molar-refractivity contribution in [3.63, 3.8) is 0 Å². The van der Waals surface area contributed by atoms with Crippen LogP contribution in [-0.4, -0.2) is 35.7 Å². The minimum Gasteiger partial charge on any atom is -0.480 e. The maximum absolute atomic E-state index is 13.3. The lowest BCUT2D eigenvalue weighted by atomic mass is 9.97. The lowest BCUT2D eigenvalue weighted by Gasteiger charge is -2.37. The summed E-state index contributed by atoms with van der Waals surface area (Å²) in [4.78, 5) is 13.3. The summed E-state index contributed by atoms with van der Waals surface area (Å²) < 4.78 is 58.8. The Morgan fingerprint density at radius 1 is 1.15 bits per heavy atom. The number of carboxylic acid groups (broad SMARTS) is 1. The van der Waals surface area contributed by atoms with Crippen LogP contribution in [0.5, 0.6) is 0 Å². The van der Waals surface area contributed by atoms with Gasteiger partial charge in [0.15, 0.2) is 0 Å². The largest absolute Gasteiger partial charge is 0.480 e. The number of nitrogens with zero attached hydrogens (tertiary/aromatic N) is 1. The van der Waals surface area contributed by atoms with Crippen LogP contribution in [0.3, 0.4) is 0 Å². The van der Waals surface area contributed by atoms with Crippen LogP contribution >= 0.6 is 0 Å². The van der Waals surface area contributed by atoms with Crippen molar-refractivity contribution < 1.29 is 32.2 Å². The van der Waals surface area contributed by atoms with Crippen LogP contribution < -0.4 is 0 Å². The first-order chi connectivity index (χ1) is 12.8. The highest BCUT2D eigenvalue weighted by atomic mass is 19.4. The molecular weight excluding hydrogens is 366 g/mol. The first-order valence-corrected chi connectivity index (χ1v) is 8.27. The quantitative estimate of drug-likeness (QED) is 0.810. The molecule has 0 saturated carbocycles. The molecule has 2 atom stereocenters. The molecular formula is C19H17F4NO3. The molecule has 1 N–H and O–H groups in total. The summed E-state index contributed by atoms with van der Waals surface area (Å²) in [5.74, 6) is -1.79. The molecule has 0 aliphatic carbocycles. The number of ether oxygens (including phenoxy) is 1. The Morgan fingerprint density at radius 3 is 2.44 bits per heavy atom. The molecule has 2 unspecified atom stereocenters. The molecule has 0 bridgehead atoms. The SMILES string of the molecule is O=C(O)C(c1ccccc1C(F)(F)F)N1CCOC(c2ccc(F)cc2)C1. The summed E-state index contributed by atoms with van der Waals surface area (Å²) in [6.45, 7) is 0.398. The van der Waals surface area contributed by atoms with E-state index in [0.29, 0.717) is 5.56 Å². The number of carbonyl (C=O) groups is 1. The van der Waals surface area contributed by atoms with Gasteiger partial charge in [0.05, 0.1) is 18.3 Å². The third-order valence-corrected chi connectivity index (χ3v) is 4.50. The number of morpholine rings is 1. The highest BCUT2D eigenvalue weighted by Gasteiger charge is 2.40. The molecule has 4 nitrogen and oxygen atoms in total. The van der Waals surface area contributed by atoms with E-state index in [4.69, 9.17) is 4.74 Å². The zero-order chi connectivity index (χ0) is 19.6. The number of halogens is 4. The highest BCUT2D eigenvalue weighted by Crippen LogP contribution is 2.37. The lowest BCUT2D eigenvalue weighted by Crippen LogP contribution is -2.44. The molecule has 1 saturated heterocycles. The maximum atomic E-state index is 13.3. The molecule has 0 amide bonds. The first kappa shape index (κ1) is 19.3. The van der Waals surface area contributed by atoms with Crippen molar-refractivity contribution >= 4 is 5.97 Å². The van der Waals surface area contributed by atoms with Gasteiger partial charge in [-0.1, -0.05) is 30.3 Å². The van der Waals surface area contributed by atoms with Crippen LogP contribution in [0, 0.1) is 5.82 Å². The fraction of sp³-hybridized carbons (Fsp3) is 0.316. The number of aliphatic carboxylic acids is 1. The third-order valence-electron chi connectivity index (χ3n) is 4.50. The van der Waals surface area contributed by atoms with Gasteiger partial charge in [-0.05, 0) is 29.3 Å². The Kier molecular flexibility index (Phi) is 5.48. The van der Waals surface area contributed by atoms with E-state index in [2.05, 4.69) is 0 Å². The fourth-order valence-corrected chi connectivity index (χ4v) is 3.26. The van der Waals surface area contributed by atoms with Crippen molar-refractivity contribution in [2.24, 2.45) is 0 Å². The Hall–Kier alpha value is -2.45. The van der Waals surface area contributed by atoms with Gasteiger partial charge in [0.25, 0.3) is 0 Å². The minimum absolute atomic E-state index is 0.0782. The van der Waals surface area contributed by atoms with E-state index in [9.17, 15) is 27.5 Å². The van der Waals surface area contributed by atoms with Gasteiger partial charge < -0.3 is 9.84 Å². The van der Waals surface area contributed by atoms with Crippen LogP contribution in [0.25, 0.3) is 0 Å². The number of hydrogen-bond donors (Lipinski definition) is 1. The third kappa shape index (κ3) is 4.28. The van der Waals surface area contributed by atoms with Gasteiger partial charge in [0.1, 0.15) is 11.9 Å². The number of rotatable bonds is 4. The van der Waals surface area contributed by atoms with Crippen molar-refractivity contribution in [3.05, 3.63) is 71.0 Å². The van der Waals surface area contributed by atoms with E-state index in [-0.39, 0.29) is 25.3 Å². The molecule has 1 aliphatic rings. The van der Waals surface area contributed by atoms with E-state index in [1.807, 2.05) is 0 Å². The Labute approximate surface area is 153 Å². The summed E-state index contributed by atoms with van der Waals surface area (Å²) >= 11 is 0. The Bertz CT molecular complexity index is 807. The molecule has 1 heterocycles. The van der Waals surface area contributed by atoms with Crippen LogP contribution in [0.4, 0.5) is 17.6 Å². The second-order valence-corrected chi connectivity index (χ2v) is 6.23. The molecule has 144 valence electrons. The predicted octanol–water partition coefficient (Wildman–Crippen LogP) is 4.04. The maximum Gasteiger partial charge on any atom is 0.416 e. The smallest absolute Gasteiger partial charge is 0.416 e. The number of alkyl halides is 3. The normalized spacial score (nSPS) is 19.6. The van der Waals surface area contributed by atoms with Crippen LogP contribution in [-0.2, 0) is 15.7 Å². The Morgan fingerprint density at radius 2 is 1.81 bits per heavy atom. The second kappa shape index (κ2) is 7.66. The predicted molar refractivity (Wildman–Crippen MR) is 88.5 cm³/mol. The van der Waals surface area contributed by atoms with Gasteiger partial charge in [-0.3, -0.25) is 9.69 Å². The number of hydrogen-bond acceptors (Lipinski definition) is 3. The van der Waals surface area contributed by atoms with Crippen LogP contribution in [0.2, 0.25) is 0 Å². The zero-order valence-electron chi connectivity index (χ0n) is 14.1. The monoisotopic (exact) mass is 383 g/mol. The standard InChI is InChI=1S/C19H17F4NO3/c20-13-7-5-12(6-8-13)16-11-24(9-10-27-16)17(18(25)26)14-3-1-2-4-15(14)19(21,22)23/h1-8,16-17H,9-11H2,(H,25,26). The molecule has 1 fully saturated rings. The highest BCUT2D eigenvalue weighted by molar-refractivity contribution is 5.76. The van der Waals surface area contributed by atoms with Gasteiger partial charge in [-0.15, -0.1) is 0 Å². The van der Waals surface area contributed by atoms with E-state index in [1.165, 1.54) is 47.4 Å². The van der Waals surface area contributed by atoms with Crippen LogP contribution in [0.15, 0.2) is 48.5 Å². The van der Waals surface area contributed by atoms with Gasteiger partial charge >= 0.3 is 12.1 Å². The molecule has 2 aromatic rings. The molecule has 3 rings (SSSR count). The van der Waals surface area contributed by atoms with Crippen molar-refractivity contribution in [2.45, 2.75) is 18.3 Å². The van der Waals surface area contributed by atoms with Gasteiger partial charge in [-0.2, -0.15) is 13.2 Å². The summed E-state index contributed by atoms with van der Waals surface area (Å²) in [5, 5.41) is 9.66. The van der Waals surface area contributed by atoms with E-state index in [0.717, 1.165) is 6.07 Å². The summed E-state index contributed by atoms with van der Waals surface area (Å²) in [5.41, 5.74) is -0.645. The van der Waals surface area contributed by atoms with Crippen molar-refractivity contribution in [2.75, 3.05) is 19.7 Å². The van der Waals surface area contributed by atoms with Gasteiger partial charge in [-0.25, -0.2) is 4.39 Å². The van der Waals surface area contributed by atoms with Crippen molar-refractivity contribution in [1.82, 2.24) is 4.90 Å². The zero-order valence-corrected chi connectivity index (χ0v) is 14.1. The average molecular weight is 383 g/mol. The summed E-state index contributed by atoms with van der Waals surface area (Å²) in [6.07, 6.45) is -5.22. The average Bonchev–Trinajstić information content (AvgIpc) is 2.62.